The van der Waals surface area contributed by atoms with Crippen molar-refractivity contribution in [2.24, 2.45) is 0 Å². The first-order valence-corrected chi connectivity index (χ1v) is 8.17. The molecule has 0 aliphatic carbocycles. The van der Waals surface area contributed by atoms with Crippen LogP contribution in [-0.2, 0) is 14.3 Å². The Bertz CT molecular complexity index is 836. The van der Waals surface area contributed by atoms with Gasteiger partial charge in [-0.25, -0.2) is 0 Å². The summed E-state index contributed by atoms with van der Waals surface area (Å²) in [6, 6.07) is 11.9. The molecule has 3 rings (SSSR count). The predicted molar refractivity (Wildman–Crippen MR) is 95.2 cm³/mol. The number of allylic oxidation sites excluding steroid dienone is 1. The van der Waals surface area contributed by atoms with Gasteiger partial charge >= 0.3 is 0 Å². The zero-order valence-corrected chi connectivity index (χ0v) is 14.3. The summed E-state index contributed by atoms with van der Waals surface area (Å²) in [5, 5.41) is 10.4. The Balaban J connectivity index is 1.96. The molecule has 0 radical (unpaired) electrons. The lowest BCUT2D eigenvalue weighted by atomic mass is 9.96. The summed E-state index contributed by atoms with van der Waals surface area (Å²) >= 11 is 0. The first kappa shape index (κ1) is 17.7. The third-order valence-corrected chi connectivity index (χ3v) is 4.16. The molecule has 0 saturated heterocycles. The molecular formula is C20H19NO5. The monoisotopic (exact) mass is 353 g/mol. The first-order chi connectivity index (χ1) is 12.6. The van der Waals surface area contributed by atoms with E-state index < -0.39 is 23.5 Å². The van der Waals surface area contributed by atoms with Crippen molar-refractivity contribution < 1.29 is 23.8 Å². The third kappa shape index (κ3) is 3.45. The van der Waals surface area contributed by atoms with E-state index >= 15 is 0 Å². The smallest absolute Gasteiger partial charge is 0.290 e. The number of amides is 1. The van der Waals surface area contributed by atoms with Crippen molar-refractivity contribution in [1.82, 2.24) is 4.90 Å². The van der Waals surface area contributed by atoms with Gasteiger partial charge in [-0.3, -0.25) is 9.59 Å². The minimum absolute atomic E-state index is 0.0557. The largest absolute Gasteiger partial charge is 0.503 e. The Kier molecular flexibility index (Phi) is 5.34. The van der Waals surface area contributed by atoms with Crippen LogP contribution < -0.4 is 0 Å². The minimum atomic E-state index is -0.660. The molecule has 1 aliphatic heterocycles. The minimum Gasteiger partial charge on any atom is -0.503 e. The van der Waals surface area contributed by atoms with Crippen LogP contribution in [0.5, 0.6) is 0 Å². The van der Waals surface area contributed by atoms with Gasteiger partial charge in [0.2, 0.25) is 0 Å². The molecule has 1 N–H and O–H groups in total. The highest BCUT2D eigenvalue weighted by atomic mass is 16.5. The van der Waals surface area contributed by atoms with Gasteiger partial charge in [0.15, 0.2) is 11.5 Å². The van der Waals surface area contributed by atoms with Gasteiger partial charge in [0, 0.05) is 13.7 Å². The van der Waals surface area contributed by atoms with E-state index in [2.05, 4.69) is 0 Å². The standard InChI is InChI=1S/C20H19NO5/c1-25-13-11-21-18(14-6-3-2-4-7-14)17(19(23)20(21)24)16(22)10-9-15-8-5-12-26-15/h2-10,12,18,23H,11,13H2,1H3/b10-9+/t18-/m1/s1. The van der Waals surface area contributed by atoms with E-state index in [0.29, 0.717) is 12.4 Å². The highest BCUT2D eigenvalue weighted by Crippen LogP contribution is 2.37. The maximum absolute atomic E-state index is 12.7. The molecule has 134 valence electrons. The molecule has 1 atom stereocenters. The number of methoxy groups -OCH3 is 1. The van der Waals surface area contributed by atoms with Crippen LogP contribution in [-0.4, -0.2) is 42.0 Å². The van der Waals surface area contributed by atoms with Gasteiger partial charge in [-0.05, 0) is 29.8 Å². The van der Waals surface area contributed by atoms with Crippen molar-refractivity contribution in [2.45, 2.75) is 6.04 Å². The average Bonchev–Trinajstić information content (AvgIpc) is 3.26. The van der Waals surface area contributed by atoms with Crippen LogP contribution in [0, 0.1) is 0 Å². The van der Waals surface area contributed by atoms with Gasteiger partial charge in [0.25, 0.3) is 5.91 Å². The molecule has 1 aromatic carbocycles. The molecule has 0 saturated carbocycles. The number of hydrogen-bond acceptors (Lipinski definition) is 5. The predicted octanol–water partition coefficient (Wildman–Crippen LogP) is 2.90. The number of nitrogens with zero attached hydrogens (tertiary/aromatic N) is 1. The second kappa shape index (κ2) is 7.84. The number of ketones is 1. The number of ether oxygens (including phenoxy) is 1. The summed E-state index contributed by atoms with van der Waals surface area (Å²) in [4.78, 5) is 26.7. The molecule has 26 heavy (non-hydrogen) atoms. The quantitative estimate of drug-likeness (QED) is 0.774. The van der Waals surface area contributed by atoms with Crippen molar-refractivity contribution in [3.8, 4) is 0 Å². The molecule has 2 aromatic rings. The third-order valence-electron chi connectivity index (χ3n) is 4.16. The highest BCUT2D eigenvalue weighted by molar-refractivity contribution is 6.14. The molecule has 0 fully saturated rings. The topological polar surface area (TPSA) is 80.0 Å². The molecule has 6 nitrogen and oxygen atoms in total. The Morgan fingerprint density at radius 2 is 2.04 bits per heavy atom. The Morgan fingerprint density at radius 3 is 2.69 bits per heavy atom. The summed E-state index contributed by atoms with van der Waals surface area (Å²) < 4.78 is 10.2. The van der Waals surface area contributed by atoms with E-state index in [1.165, 1.54) is 30.4 Å². The van der Waals surface area contributed by atoms with Crippen LogP contribution in [0.3, 0.4) is 0 Å². The number of benzene rings is 1. The molecular weight excluding hydrogens is 334 g/mol. The van der Waals surface area contributed by atoms with Gasteiger partial charge < -0.3 is 19.2 Å². The number of furan rings is 1. The summed E-state index contributed by atoms with van der Waals surface area (Å²) in [6.45, 7) is 0.559. The lowest BCUT2D eigenvalue weighted by molar-refractivity contribution is -0.130. The van der Waals surface area contributed by atoms with E-state index in [-0.39, 0.29) is 12.1 Å². The van der Waals surface area contributed by atoms with E-state index in [1.807, 2.05) is 30.3 Å². The fourth-order valence-electron chi connectivity index (χ4n) is 2.94. The van der Waals surface area contributed by atoms with E-state index in [1.54, 1.807) is 12.1 Å². The molecule has 1 aliphatic rings. The van der Waals surface area contributed by atoms with Crippen LogP contribution >= 0.6 is 0 Å². The molecule has 1 aromatic heterocycles. The number of aliphatic hydroxyl groups excluding tert-OH is 1. The molecule has 0 unspecified atom stereocenters. The van der Waals surface area contributed by atoms with E-state index in [4.69, 9.17) is 9.15 Å². The van der Waals surface area contributed by atoms with Gasteiger partial charge in [0.1, 0.15) is 5.76 Å². The van der Waals surface area contributed by atoms with Gasteiger partial charge in [-0.2, -0.15) is 0 Å². The van der Waals surface area contributed by atoms with Crippen LogP contribution in [0.25, 0.3) is 6.08 Å². The van der Waals surface area contributed by atoms with Crippen molar-refractivity contribution in [3.63, 3.8) is 0 Å². The number of aliphatic hydroxyl groups is 1. The van der Waals surface area contributed by atoms with E-state index in [0.717, 1.165) is 5.56 Å². The number of carbonyl (C=O) groups is 2. The van der Waals surface area contributed by atoms with Crippen molar-refractivity contribution in [1.29, 1.82) is 0 Å². The van der Waals surface area contributed by atoms with Crippen LogP contribution in [0.2, 0.25) is 0 Å². The van der Waals surface area contributed by atoms with E-state index in [9.17, 15) is 14.7 Å². The Morgan fingerprint density at radius 1 is 1.27 bits per heavy atom. The number of hydrogen-bond donors (Lipinski definition) is 1. The molecule has 1 amide bonds. The number of rotatable bonds is 7. The summed E-state index contributed by atoms with van der Waals surface area (Å²) in [7, 11) is 1.53. The Hall–Kier alpha value is -3.12. The summed E-state index contributed by atoms with van der Waals surface area (Å²) in [6.07, 6.45) is 4.31. The van der Waals surface area contributed by atoms with Gasteiger partial charge in [0.05, 0.1) is 24.5 Å². The fraction of sp³-hybridized carbons (Fsp3) is 0.200. The summed E-state index contributed by atoms with van der Waals surface area (Å²) in [5.41, 5.74) is 0.802. The normalized spacial score (nSPS) is 17.5. The second-order valence-electron chi connectivity index (χ2n) is 5.78. The second-order valence-corrected chi connectivity index (χ2v) is 5.78. The molecule has 2 heterocycles. The maximum Gasteiger partial charge on any atom is 0.290 e. The zero-order valence-electron chi connectivity index (χ0n) is 14.3. The first-order valence-electron chi connectivity index (χ1n) is 8.17. The van der Waals surface area contributed by atoms with Crippen LogP contribution in [0.4, 0.5) is 0 Å². The molecule has 0 spiro atoms. The maximum atomic E-state index is 12.7. The van der Waals surface area contributed by atoms with Gasteiger partial charge in [-0.1, -0.05) is 30.3 Å². The SMILES string of the molecule is COCCN1C(=O)C(O)=C(C(=O)/C=C/c2ccco2)[C@H]1c1ccccc1. The Labute approximate surface area is 151 Å². The molecule has 6 heteroatoms. The number of carbonyl (C=O) groups excluding carboxylic acids is 2. The highest BCUT2D eigenvalue weighted by Gasteiger charge is 2.42. The van der Waals surface area contributed by atoms with Gasteiger partial charge in [-0.15, -0.1) is 0 Å². The fourth-order valence-corrected chi connectivity index (χ4v) is 2.94. The van der Waals surface area contributed by atoms with Crippen molar-refractivity contribution in [2.75, 3.05) is 20.3 Å². The lowest BCUT2D eigenvalue weighted by Gasteiger charge is -2.26. The molecule has 0 bridgehead atoms. The van der Waals surface area contributed by atoms with Crippen molar-refractivity contribution >= 4 is 17.8 Å². The van der Waals surface area contributed by atoms with Crippen LogP contribution in [0.1, 0.15) is 17.4 Å². The van der Waals surface area contributed by atoms with Crippen molar-refractivity contribution in [3.05, 3.63) is 77.5 Å². The van der Waals surface area contributed by atoms with Crippen LogP contribution in [0.15, 0.2) is 70.6 Å². The summed E-state index contributed by atoms with van der Waals surface area (Å²) in [5.74, 6) is -1.04. The zero-order chi connectivity index (χ0) is 18.5. The average molecular weight is 353 g/mol. The lowest BCUT2D eigenvalue weighted by Crippen LogP contribution is -2.33.